The van der Waals surface area contributed by atoms with Gasteiger partial charge in [-0.3, -0.25) is 0 Å². The van der Waals surface area contributed by atoms with Gasteiger partial charge in [0.1, 0.15) is 0 Å². The molecule has 3 nitrogen and oxygen atoms in total. The predicted octanol–water partition coefficient (Wildman–Crippen LogP) is 20.9. The van der Waals surface area contributed by atoms with Crippen LogP contribution in [-0.2, 0) is 0 Å². The van der Waals surface area contributed by atoms with Crippen LogP contribution in [0.1, 0.15) is 237 Å². The van der Waals surface area contributed by atoms with Crippen molar-refractivity contribution in [1.82, 2.24) is 16.0 Å². The SMILES string of the molecule is C=C(C)C(C)[C@H](CCC)C(C)C.C=C(C)CC(C)C1CC(/C=C\C)C(/C=C\C)C1.C=C(C)NC(C)C.C=C(C)NCC(C)(C)C.C=C(NC)C(=C)C(C)CC1CCC1.CC.CC.CC.CCC. The minimum atomic E-state index is 0.360. The van der Waals surface area contributed by atoms with Crippen LogP contribution in [-0.4, -0.2) is 19.6 Å². The van der Waals surface area contributed by atoms with Gasteiger partial charge < -0.3 is 16.0 Å². The molecule has 6 atom stereocenters. The summed E-state index contributed by atoms with van der Waals surface area (Å²) in [4.78, 5) is 0. The Morgan fingerprint density at radius 3 is 1.36 bits per heavy atom. The van der Waals surface area contributed by atoms with E-state index in [1.54, 1.807) is 0 Å². The normalized spacial score (nSPS) is 17.5. The van der Waals surface area contributed by atoms with Crippen molar-refractivity contribution < 1.29 is 0 Å². The van der Waals surface area contributed by atoms with Gasteiger partial charge in [-0.2, -0.15) is 0 Å². The average molecular weight is 941 g/mol. The van der Waals surface area contributed by atoms with Gasteiger partial charge >= 0.3 is 0 Å². The zero-order valence-corrected chi connectivity index (χ0v) is 51.1. The van der Waals surface area contributed by atoms with Crippen LogP contribution in [0.3, 0.4) is 0 Å². The third kappa shape index (κ3) is 51.0. The molecule has 3 N–H and O–H groups in total. The Morgan fingerprint density at radius 2 is 1.13 bits per heavy atom. The Morgan fingerprint density at radius 1 is 0.701 bits per heavy atom. The van der Waals surface area contributed by atoms with Crippen LogP contribution in [0.25, 0.3) is 0 Å². The first-order valence-electron chi connectivity index (χ1n) is 27.6. The molecule has 0 aromatic rings. The Bertz CT molecular complexity index is 1210. The zero-order valence-electron chi connectivity index (χ0n) is 51.1. The van der Waals surface area contributed by atoms with Gasteiger partial charge in [-0.05, 0) is 152 Å². The summed E-state index contributed by atoms with van der Waals surface area (Å²) >= 11 is 0. The molecule has 0 radical (unpaired) electrons. The van der Waals surface area contributed by atoms with Crippen molar-refractivity contribution in [2.75, 3.05) is 13.6 Å². The molecule has 0 spiro atoms. The molecule has 0 aromatic heterocycles. The molecule has 0 heterocycles. The largest absolute Gasteiger partial charge is 0.389 e. The molecule has 0 aromatic carbocycles. The molecule has 5 unspecified atom stereocenters. The standard InChI is InChI=1S/C17H28.C12H21N.C12H24.C8H17N.C6H13N.C3H8.3C2H6/c1-6-8-15-11-17(12-16(15)9-7-2)14(5)10-13(3)4;1-9(8-12-6-5-7-12)10(2)11(3)13-4;1-7-8-12(10(4)5)11(6)9(2)3;1-7(2)9-6-8(3,4)5;1-5(2)7-6(3)4;1-3-2;3*1-2/h6-9,14-17H,3,10-12H2,1-2,4-5H3;9,12-13H,2-3,5-8H2,1,4H3;10-12H,2,7-8H2,1,3-6H3;9H,1,6H2,2-5H3;6-7H,1H2,2-4H3;3H2,1-2H3;3*1-2H3/b8-6-,9-7-;;;;;;;;/t;;11?,12-;;;;;;/m..1....../s1. The highest BCUT2D eigenvalue weighted by molar-refractivity contribution is 5.25. The van der Waals surface area contributed by atoms with Gasteiger partial charge in [-0.1, -0.05) is 218 Å². The molecule has 2 aliphatic carbocycles. The van der Waals surface area contributed by atoms with Crippen LogP contribution in [0.4, 0.5) is 0 Å². The molecule has 2 rings (SSSR count). The zero-order chi connectivity index (χ0) is 54.5. The second kappa shape index (κ2) is 51.2. The Hall–Kier alpha value is -2.68. The van der Waals surface area contributed by atoms with Crippen LogP contribution in [0, 0.1) is 58.7 Å². The van der Waals surface area contributed by atoms with Crippen molar-refractivity contribution in [1.29, 1.82) is 0 Å². The van der Waals surface area contributed by atoms with E-state index in [4.69, 9.17) is 0 Å². The second-order valence-electron chi connectivity index (χ2n) is 20.7. The number of nitrogens with one attached hydrogen (secondary N) is 3. The molecule has 67 heavy (non-hydrogen) atoms. The summed E-state index contributed by atoms with van der Waals surface area (Å²) in [5.41, 5.74) is 7.27. The minimum absolute atomic E-state index is 0.360. The van der Waals surface area contributed by atoms with Crippen molar-refractivity contribution >= 4 is 0 Å². The van der Waals surface area contributed by atoms with Crippen LogP contribution in [0.5, 0.6) is 0 Å². The number of rotatable bonds is 19. The topological polar surface area (TPSA) is 36.1 Å². The number of allylic oxidation sites excluding steroid dienone is 9. The van der Waals surface area contributed by atoms with E-state index in [9.17, 15) is 0 Å². The third-order valence-corrected chi connectivity index (χ3v) is 11.6. The number of hydrogen-bond acceptors (Lipinski definition) is 3. The minimum Gasteiger partial charge on any atom is -0.389 e. The lowest BCUT2D eigenvalue weighted by atomic mass is 9.77. The maximum atomic E-state index is 4.07. The molecular formula is C64H129N3. The van der Waals surface area contributed by atoms with Crippen LogP contribution in [0.2, 0.25) is 0 Å². The van der Waals surface area contributed by atoms with E-state index in [1.807, 2.05) is 62.4 Å². The fraction of sp³-hybridized carbons (Fsp3) is 0.750. The summed E-state index contributed by atoms with van der Waals surface area (Å²) < 4.78 is 0. The molecule has 2 fully saturated rings. The Labute approximate surface area is 427 Å². The van der Waals surface area contributed by atoms with Gasteiger partial charge in [0.15, 0.2) is 0 Å². The smallest absolute Gasteiger partial charge is 0.0293 e. The lowest BCUT2D eigenvalue weighted by Crippen LogP contribution is -2.24. The Kier molecular flexibility index (Phi) is 60.0. The molecular weight excluding hydrogens is 811 g/mol. The summed E-state index contributed by atoms with van der Waals surface area (Å²) in [6.45, 7) is 77.9. The maximum absolute atomic E-state index is 4.07. The van der Waals surface area contributed by atoms with Crippen molar-refractivity contribution in [2.24, 2.45) is 58.7 Å². The highest BCUT2D eigenvalue weighted by Gasteiger charge is 2.33. The van der Waals surface area contributed by atoms with E-state index in [0.717, 1.165) is 65.1 Å². The van der Waals surface area contributed by atoms with E-state index in [0.29, 0.717) is 23.3 Å². The summed E-state index contributed by atoms with van der Waals surface area (Å²) in [6.07, 6.45) is 22.6. The highest BCUT2D eigenvalue weighted by Crippen LogP contribution is 2.43. The fourth-order valence-electron chi connectivity index (χ4n) is 7.86. The van der Waals surface area contributed by atoms with E-state index < -0.39 is 0 Å². The van der Waals surface area contributed by atoms with Crippen molar-refractivity contribution in [3.05, 3.63) is 97.6 Å². The van der Waals surface area contributed by atoms with Gasteiger partial charge in [-0.15, -0.1) is 6.58 Å². The van der Waals surface area contributed by atoms with Gasteiger partial charge in [0.2, 0.25) is 0 Å². The van der Waals surface area contributed by atoms with E-state index in [2.05, 4.69) is 197 Å². The summed E-state index contributed by atoms with van der Waals surface area (Å²) in [6, 6.07) is 0.525. The third-order valence-electron chi connectivity index (χ3n) is 11.6. The first-order valence-corrected chi connectivity index (χ1v) is 27.6. The van der Waals surface area contributed by atoms with Gasteiger partial charge in [0.05, 0.1) is 0 Å². The average Bonchev–Trinajstić information content (AvgIpc) is 3.64. The summed E-state index contributed by atoms with van der Waals surface area (Å²) in [5.74, 6) is 7.02. The fourth-order valence-corrected chi connectivity index (χ4v) is 7.86. The Balaban J connectivity index is -0.000000132. The van der Waals surface area contributed by atoms with Crippen molar-refractivity contribution in [2.45, 2.75) is 243 Å². The molecule has 0 bridgehead atoms. The van der Waals surface area contributed by atoms with E-state index in [1.165, 1.54) is 80.9 Å². The first-order chi connectivity index (χ1) is 31.2. The molecule has 2 saturated carbocycles. The summed E-state index contributed by atoms with van der Waals surface area (Å²) in [5, 5.41) is 9.36. The molecule has 0 saturated heterocycles. The van der Waals surface area contributed by atoms with Crippen LogP contribution in [0.15, 0.2) is 97.6 Å². The molecule has 2 aliphatic rings. The van der Waals surface area contributed by atoms with Crippen LogP contribution < -0.4 is 16.0 Å². The van der Waals surface area contributed by atoms with Gasteiger partial charge in [0, 0.05) is 36.7 Å². The van der Waals surface area contributed by atoms with Gasteiger partial charge in [-0.25, -0.2) is 0 Å². The molecule has 0 aliphatic heterocycles. The molecule has 400 valence electrons. The first kappa shape index (κ1) is 78.5. The number of hydrogen-bond donors (Lipinski definition) is 3. The summed E-state index contributed by atoms with van der Waals surface area (Å²) in [7, 11) is 1.91. The maximum Gasteiger partial charge on any atom is 0.0293 e. The predicted molar refractivity (Wildman–Crippen MR) is 319 cm³/mol. The lowest BCUT2D eigenvalue weighted by molar-refractivity contribution is 0.270. The highest BCUT2D eigenvalue weighted by atomic mass is 14.9. The van der Waals surface area contributed by atoms with Crippen molar-refractivity contribution in [3.8, 4) is 0 Å². The van der Waals surface area contributed by atoms with E-state index in [-0.39, 0.29) is 0 Å². The molecule has 3 heteroatoms. The van der Waals surface area contributed by atoms with Gasteiger partial charge in [0.25, 0.3) is 0 Å². The quantitative estimate of drug-likeness (QED) is 0.0892. The second-order valence-corrected chi connectivity index (χ2v) is 20.7. The lowest BCUT2D eigenvalue weighted by Gasteiger charge is -2.29. The van der Waals surface area contributed by atoms with Crippen molar-refractivity contribution in [3.63, 3.8) is 0 Å². The van der Waals surface area contributed by atoms with Crippen LogP contribution >= 0.6 is 0 Å². The van der Waals surface area contributed by atoms with E-state index >= 15 is 0 Å². The monoisotopic (exact) mass is 940 g/mol. The molecule has 0 amide bonds. The number of likely N-dealkylation sites (N-methyl/N-ethyl adjacent to an activating group) is 1.